The average Bonchev–Trinajstić information content (AvgIpc) is 3.57. The van der Waals surface area contributed by atoms with Crippen LogP contribution < -0.4 is 0 Å². The molecule has 2 nitrogen and oxygen atoms in total. The van der Waals surface area contributed by atoms with Crippen molar-refractivity contribution in [2.45, 2.75) is 137 Å². The highest BCUT2D eigenvalue weighted by molar-refractivity contribution is 5.85. The Morgan fingerprint density at radius 1 is 0.762 bits per heavy atom. The first-order chi connectivity index (χ1) is 19.8. The molecule has 226 valence electrons. The van der Waals surface area contributed by atoms with Gasteiger partial charge in [0, 0.05) is 17.4 Å². The number of fused-ring (bicyclic) bond motifs is 8. The van der Waals surface area contributed by atoms with E-state index in [2.05, 4.69) is 73.6 Å². The molecule has 3 fully saturated rings. The molecule has 0 bridgehead atoms. The molecule has 0 unspecified atom stereocenters. The Morgan fingerprint density at radius 2 is 1.50 bits per heavy atom. The van der Waals surface area contributed by atoms with E-state index < -0.39 is 0 Å². The average molecular weight is 567 g/mol. The third-order valence-corrected chi connectivity index (χ3v) is 15.1. The van der Waals surface area contributed by atoms with E-state index in [0.29, 0.717) is 28.1 Å². The van der Waals surface area contributed by atoms with Gasteiger partial charge in [0.2, 0.25) is 0 Å². The van der Waals surface area contributed by atoms with Crippen LogP contribution in [0.25, 0.3) is 11.0 Å². The van der Waals surface area contributed by atoms with E-state index in [4.69, 9.17) is 8.83 Å². The minimum absolute atomic E-state index is 0.161. The molecule has 3 saturated carbocycles. The number of hydrogen-bond acceptors (Lipinski definition) is 2. The normalized spacial score (nSPS) is 40.0. The molecule has 2 heteroatoms. The van der Waals surface area contributed by atoms with Crippen molar-refractivity contribution < 1.29 is 8.83 Å². The van der Waals surface area contributed by atoms with Crippen LogP contribution in [0.3, 0.4) is 0 Å². The van der Waals surface area contributed by atoms with Gasteiger partial charge in [-0.1, -0.05) is 54.4 Å². The molecule has 2 heterocycles. The summed E-state index contributed by atoms with van der Waals surface area (Å²) in [7, 11) is 0. The van der Waals surface area contributed by atoms with Crippen molar-refractivity contribution >= 4 is 11.0 Å². The van der Waals surface area contributed by atoms with Gasteiger partial charge in [-0.3, -0.25) is 0 Å². The summed E-state index contributed by atoms with van der Waals surface area (Å²) < 4.78 is 13.5. The Balaban J connectivity index is 1.28. The van der Waals surface area contributed by atoms with Crippen LogP contribution in [-0.4, -0.2) is 0 Å². The summed E-state index contributed by atoms with van der Waals surface area (Å²) in [5.41, 5.74) is 8.50. The van der Waals surface area contributed by atoms with Crippen LogP contribution >= 0.6 is 0 Å². The zero-order valence-electron chi connectivity index (χ0n) is 27.7. The molecule has 0 spiro atoms. The van der Waals surface area contributed by atoms with Gasteiger partial charge in [0.1, 0.15) is 17.1 Å². The number of hydrogen-bond donors (Lipinski definition) is 0. The maximum absolute atomic E-state index is 7.18. The molecule has 0 radical (unpaired) electrons. The molecule has 3 aromatic rings. The zero-order chi connectivity index (χ0) is 29.4. The van der Waals surface area contributed by atoms with Crippen LogP contribution in [0.4, 0.5) is 0 Å². The van der Waals surface area contributed by atoms with Gasteiger partial charge in [0.25, 0.3) is 0 Å². The van der Waals surface area contributed by atoms with Gasteiger partial charge in [-0.05, 0) is 145 Å². The standard InChI is InChI=1S/C40H54O2/c1-24-25-11-13-33-36(2,3)16-9-18-38(33,6)29(25)22-31-26(24)21-35(42-31)40(8)27-12-14-34-37(4,5)17-10-19-39(34,7)30(27)23-32-28(40)15-20-41-32/h15,20-22,27,30,33-34H,9-14,16-19,23H2,1-8H3/t27-,30+,33+,34+,38-,39-,40+/m1/s1. The molecule has 0 aliphatic heterocycles. The van der Waals surface area contributed by atoms with Crippen LogP contribution in [0.15, 0.2) is 33.3 Å². The third-order valence-electron chi connectivity index (χ3n) is 15.1. The minimum atomic E-state index is -0.161. The Bertz CT molecular complexity index is 1560. The summed E-state index contributed by atoms with van der Waals surface area (Å²) in [6, 6.07) is 7.27. The van der Waals surface area contributed by atoms with Gasteiger partial charge in [-0.2, -0.15) is 0 Å². The predicted octanol–water partition coefficient (Wildman–Crippen LogP) is 11.1. The van der Waals surface area contributed by atoms with Crippen LogP contribution in [-0.2, 0) is 23.7 Å². The Hall–Kier alpha value is -1.96. The molecule has 5 aliphatic rings. The van der Waals surface area contributed by atoms with Gasteiger partial charge in [-0.15, -0.1) is 0 Å². The van der Waals surface area contributed by atoms with Crippen molar-refractivity contribution in [2.75, 3.05) is 0 Å². The molecular weight excluding hydrogens is 512 g/mol. The lowest BCUT2D eigenvalue weighted by Gasteiger charge is -2.63. The molecular formula is C40H54O2. The lowest BCUT2D eigenvalue weighted by Crippen LogP contribution is -2.57. The summed E-state index contributed by atoms with van der Waals surface area (Å²) in [6.07, 6.45) is 16.3. The van der Waals surface area contributed by atoms with E-state index in [1.807, 2.05) is 6.26 Å². The quantitative estimate of drug-likeness (QED) is 0.293. The van der Waals surface area contributed by atoms with Crippen molar-refractivity contribution in [1.82, 2.24) is 0 Å². The summed E-state index contributed by atoms with van der Waals surface area (Å²) in [6.45, 7) is 20.3. The lowest BCUT2D eigenvalue weighted by atomic mass is 9.41. The van der Waals surface area contributed by atoms with Gasteiger partial charge < -0.3 is 8.83 Å². The summed E-state index contributed by atoms with van der Waals surface area (Å²) in [5.74, 6) is 5.15. The lowest BCUT2D eigenvalue weighted by molar-refractivity contribution is -0.115. The SMILES string of the molecule is Cc1c2c(cc3oc([C@]4(C)c5ccoc5C[C@H]5[C@H]4CC[C@H]4C(C)(C)CCC[C@]54C)cc13)[C@@]1(C)CCCC(C)(C)[C@@H]1CC2. The van der Waals surface area contributed by atoms with E-state index in [1.54, 1.807) is 11.1 Å². The van der Waals surface area contributed by atoms with E-state index in [1.165, 1.54) is 92.2 Å². The van der Waals surface area contributed by atoms with Crippen molar-refractivity contribution in [2.24, 2.45) is 39.9 Å². The molecule has 7 atom stereocenters. The van der Waals surface area contributed by atoms with E-state index in [0.717, 1.165) is 23.8 Å². The molecule has 0 amide bonds. The van der Waals surface area contributed by atoms with Gasteiger partial charge in [0.15, 0.2) is 0 Å². The second-order valence-electron chi connectivity index (χ2n) is 17.8. The fraction of sp³-hybridized carbons (Fsp3) is 0.700. The number of furan rings is 2. The monoisotopic (exact) mass is 566 g/mol. The fourth-order valence-corrected chi connectivity index (χ4v) is 13.0. The van der Waals surface area contributed by atoms with Gasteiger partial charge in [0.05, 0.1) is 11.7 Å². The summed E-state index contributed by atoms with van der Waals surface area (Å²) in [5, 5.41) is 1.35. The van der Waals surface area contributed by atoms with E-state index in [-0.39, 0.29) is 10.8 Å². The number of aryl methyl sites for hydroxylation is 1. The van der Waals surface area contributed by atoms with Crippen molar-refractivity contribution in [3.8, 4) is 0 Å². The smallest absolute Gasteiger partial charge is 0.134 e. The summed E-state index contributed by atoms with van der Waals surface area (Å²) >= 11 is 0. The van der Waals surface area contributed by atoms with Crippen LogP contribution in [0.5, 0.6) is 0 Å². The van der Waals surface area contributed by atoms with Crippen molar-refractivity contribution in [3.05, 3.63) is 58.2 Å². The Morgan fingerprint density at radius 3 is 2.29 bits per heavy atom. The first-order valence-corrected chi connectivity index (χ1v) is 17.4. The molecule has 1 aromatic carbocycles. The molecule has 5 aliphatic carbocycles. The highest BCUT2D eigenvalue weighted by atomic mass is 16.3. The first-order valence-electron chi connectivity index (χ1n) is 17.4. The van der Waals surface area contributed by atoms with E-state index >= 15 is 0 Å². The third kappa shape index (κ3) is 3.39. The van der Waals surface area contributed by atoms with Crippen LogP contribution in [0.2, 0.25) is 0 Å². The van der Waals surface area contributed by atoms with Crippen LogP contribution in [0, 0.1) is 46.8 Å². The predicted molar refractivity (Wildman–Crippen MR) is 172 cm³/mol. The second-order valence-corrected chi connectivity index (χ2v) is 17.8. The molecule has 42 heavy (non-hydrogen) atoms. The van der Waals surface area contributed by atoms with Gasteiger partial charge >= 0.3 is 0 Å². The van der Waals surface area contributed by atoms with Crippen LogP contribution in [0.1, 0.15) is 140 Å². The van der Waals surface area contributed by atoms with E-state index in [9.17, 15) is 0 Å². The van der Waals surface area contributed by atoms with Crippen molar-refractivity contribution in [1.29, 1.82) is 0 Å². The molecule has 2 aromatic heterocycles. The maximum atomic E-state index is 7.18. The molecule has 8 rings (SSSR count). The Kier molecular flexibility index (Phi) is 5.65. The number of benzene rings is 1. The van der Waals surface area contributed by atoms with Crippen molar-refractivity contribution in [3.63, 3.8) is 0 Å². The number of rotatable bonds is 1. The minimum Gasteiger partial charge on any atom is -0.469 e. The largest absolute Gasteiger partial charge is 0.469 e. The highest BCUT2D eigenvalue weighted by Crippen LogP contribution is 2.67. The maximum Gasteiger partial charge on any atom is 0.134 e. The highest BCUT2D eigenvalue weighted by Gasteiger charge is 2.61. The molecule has 0 N–H and O–H groups in total. The topological polar surface area (TPSA) is 26.3 Å². The zero-order valence-corrected chi connectivity index (χ0v) is 27.7. The first kappa shape index (κ1) is 27.6. The Labute approximate surface area is 254 Å². The summed E-state index contributed by atoms with van der Waals surface area (Å²) in [4.78, 5) is 0. The second kappa shape index (κ2) is 8.60. The fourth-order valence-electron chi connectivity index (χ4n) is 13.0. The molecule has 0 saturated heterocycles. The van der Waals surface area contributed by atoms with Gasteiger partial charge in [-0.25, -0.2) is 0 Å².